The highest BCUT2D eigenvalue weighted by molar-refractivity contribution is 7.75. The Hall–Kier alpha value is -6.15. The molecule has 2 aliphatic rings. The van der Waals surface area contributed by atoms with Crippen LogP contribution in [0.25, 0.3) is 61.4 Å². The van der Waals surface area contributed by atoms with Gasteiger partial charge in [0, 0.05) is 39.5 Å². The minimum atomic E-state index is -0.529. The van der Waals surface area contributed by atoms with E-state index < -0.39 is 7.55 Å². The predicted molar refractivity (Wildman–Crippen MR) is 212 cm³/mol. The fraction of sp³-hybridized carbons (Fsp3) is 0.0217. The molecule has 0 amide bonds. The topological polar surface area (TPSA) is 30.7 Å². The molecule has 1 unspecified atom stereocenters. The predicted octanol–water partition coefficient (Wildman–Crippen LogP) is 10.4. The van der Waals surface area contributed by atoms with Gasteiger partial charge in [0.15, 0.2) is 18.2 Å². The summed E-state index contributed by atoms with van der Waals surface area (Å²) in [5, 5.41) is 6.83. The van der Waals surface area contributed by atoms with Crippen molar-refractivity contribution in [3.05, 3.63) is 187 Å². The van der Waals surface area contributed by atoms with Crippen molar-refractivity contribution in [3.63, 3.8) is 0 Å². The second-order valence-electron chi connectivity index (χ2n) is 12.8. The van der Waals surface area contributed by atoms with Crippen LogP contribution in [0.2, 0.25) is 0 Å². The molecule has 6 aromatic carbocycles. The average molecular weight is 657 g/mol. The molecule has 0 bridgehead atoms. The maximum Gasteiger partial charge on any atom is 0.235 e. The summed E-state index contributed by atoms with van der Waals surface area (Å²) in [6.45, 7) is 0. The van der Waals surface area contributed by atoms with E-state index in [1.807, 2.05) is 12.1 Å². The first-order valence-electron chi connectivity index (χ1n) is 17.1. The van der Waals surface area contributed by atoms with Gasteiger partial charge in [0.25, 0.3) is 0 Å². The van der Waals surface area contributed by atoms with Crippen molar-refractivity contribution in [3.8, 4) is 28.5 Å². The van der Waals surface area contributed by atoms with Crippen molar-refractivity contribution in [1.29, 1.82) is 0 Å². The molecule has 50 heavy (non-hydrogen) atoms. The maximum atomic E-state index is 5.20. The minimum absolute atomic E-state index is 0.529. The third-order valence-electron chi connectivity index (χ3n) is 9.90. The molecular weight excluding hydrogens is 626 g/mol. The van der Waals surface area contributed by atoms with Gasteiger partial charge in [-0.2, -0.15) is 0 Å². The Balaban J connectivity index is 1.13. The molecule has 0 N–H and O–H groups in total. The molecule has 0 saturated carbocycles. The van der Waals surface area contributed by atoms with E-state index in [1.165, 1.54) is 43.7 Å². The molecule has 0 fully saturated rings. The molecule has 4 heteroatoms. The first-order chi connectivity index (χ1) is 24.8. The van der Waals surface area contributed by atoms with Crippen molar-refractivity contribution >= 4 is 56.4 Å². The maximum absolute atomic E-state index is 5.20. The zero-order chi connectivity index (χ0) is 33.0. The number of nitrogens with zero attached hydrogens (tertiary/aromatic N) is 3. The molecule has 0 radical (unpaired) electrons. The summed E-state index contributed by atoms with van der Waals surface area (Å²) in [5.41, 5.74) is 11.4. The number of aromatic nitrogens is 3. The highest BCUT2D eigenvalue weighted by Crippen LogP contribution is 2.44. The van der Waals surface area contributed by atoms with E-state index in [0.29, 0.717) is 5.95 Å². The van der Waals surface area contributed by atoms with E-state index in [-0.39, 0.29) is 0 Å². The molecule has 1 aliphatic carbocycles. The molecule has 3 heterocycles. The number of rotatable bonds is 5. The Morgan fingerprint density at radius 3 is 1.88 bits per heavy atom. The summed E-state index contributed by atoms with van der Waals surface area (Å²) < 4.78 is 2.23. The number of benzene rings is 6. The van der Waals surface area contributed by atoms with Gasteiger partial charge in [0.05, 0.1) is 22.4 Å². The van der Waals surface area contributed by atoms with Crippen molar-refractivity contribution < 1.29 is 0 Å². The number of para-hydroxylation sites is 1. The van der Waals surface area contributed by atoms with E-state index in [0.717, 1.165) is 40.0 Å². The van der Waals surface area contributed by atoms with Gasteiger partial charge in [-0.05, 0) is 65.7 Å². The van der Waals surface area contributed by atoms with Gasteiger partial charge < -0.3 is 0 Å². The summed E-state index contributed by atoms with van der Waals surface area (Å²) in [6, 6.07) is 58.4. The van der Waals surface area contributed by atoms with Gasteiger partial charge in [0.2, 0.25) is 5.95 Å². The molecule has 3 nitrogen and oxygen atoms in total. The third-order valence-corrected chi connectivity index (χ3v) is 12.6. The van der Waals surface area contributed by atoms with Gasteiger partial charge in [-0.1, -0.05) is 121 Å². The van der Waals surface area contributed by atoms with Gasteiger partial charge >= 0.3 is 0 Å². The highest BCUT2D eigenvalue weighted by Gasteiger charge is 2.38. The quantitative estimate of drug-likeness (QED) is 0.173. The van der Waals surface area contributed by atoms with Gasteiger partial charge in [-0.3, -0.25) is 4.57 Å². The minimum Gasteiger partial charge on any atom is -0.278 e. The number of allylic oxidation sites excluding steroid dienone is 4. The standard InChI is InChI=1S/C46H31N3P/c1-4-14-31(15-5-1)40-30-41(32-16-6-2-7-17-32)48-46(47-40)49-42-22-12-10-20-36(42)38-28-33(24-26-43(38)49)34-25-27-45-39(29-34)37-21-11-13-23-44(37)50(45)35-18-8-3-9-19-35/h1-26,28-30H,27H2/q+1. The van der Waals surface area contributed by atoms with E-state index >= 15 is 0 Å². The lowest BCUT2D eigenvalue weighted by molar-refractivity contribution is 0.995. The molecule has 10 rings (SSSR count). The van der Waals surface area contributed by atoms with E-state index in [2.05, 4.69) is 168 Å². The Morgan fingerprint density at radius 1 is 0.520 bits per heavy atom. The summed E-state index contributed by atoms with van der Waals surface area (Å²) in [7, 11) is -0.529. The fourth-order valence-electron chi connectivity index (χ4n) is 7.59. The highest BCUT2D eigenvalue weighted by atomic mass is 31.1. The second kappa shape index (κ2) is 11.8. The zero-order valence-electron chi connectivity index (χ0n) is 27.2. The Morgan fingerprint density at radius 2 is 1.14 bits per heavy atom. The van der Waals surface area contributed by atoms with Crippen LogP contribution in [0, 0.1) is 0 Å². The van der Waals surface area contributed by atoms with Crippen molar-refractivity contribution in [2.45, 2.75) is 6.42 Å². The molecule has 1 aliphatic heterocycles. The molecule has 0 saturated heterocycles. The lowest BCUT2D eigenvalue weighted by Gasteiger charge is -2.13. The largest absolute Gasteiger partial charge is 0.278 e. The van der Waals surface area contributed by atoms with Crippen LogP contribution in [0.3, 0.4) is 0 Å². The first-order valence-corrected chi connectivity index (χ1v) is 18.4. The first kappa shape index (κ1) is 28.8. The van der Waals surface area contributed by atoms with Gasteiger partial charge in [-0.25, -0.2) is 9.97 Å². The second-order valence-corrected chi connectivity index (χ2v) is 15.0. The molecule has 234 valence electrons. The molecule has 8 aromatic rings. The number of hydrogen-bond donors (Lipinski definition) is 0. The molecule has 1 atom stereocenters. The molecular formula is C46H31N3P+. The third kappa shape index (κ3) is 4.70. The fourth-order valence-corrected chi connectivity index (χ4v) is 10.3. The summed E-state index contributed by atoms with van der Waals surface area (Å²) in [6.07, 6.45) is 5.82. The van der Waals surface area contributed by atoms with Crippen LogP contribution in [-0.4, -0.2) is 19.8 Å². The molecule has 0 spiro atoms. The number of hydrogen-bond acceptors (Lipinski definition) is 2. The van der Waals surface area contributed by atoms with Crippen LogP contribution in [0.15, 0.2) is 176 Å². The van der Waals surface area contributed by atoms with Crippen molar-refractivity contribution in [1.82, 2.24) is 14.5 Å². The summed E-state index contributed by atoms with van der Waals surface area (Å²) >= 11 is 0. The van der Waals surface area contributed by atoms with Crippen LogP contribution in [0.1, 0.15) is 17.5 Å². The Kier molecular flexibility index (Phi) is 6.79. The van der Waals surface area contributed by atoms with E-state index in [4.69, 9.17) is 9.97 Å². The molecule has 2 aromatic heterocycles. The smallest absolute Gasteiger partial charge is 0.235 e. The summed E-state index contributed by atoms with van der Waals surface area (Å²) in [4.78, 5) is 10.4. The number of fused-ring (bicyclic) bond motifs is 6. The van der Waals surface area contributed by atoms with Crippen LogP contribution in [0.4, 0.5) is 0 Å². The normalized spacial score (nSPS) is 14.4. The Labute approximate surface area is 291 Å². The van der Waals surface area contributed by atoms with Gasteiger partial charge in [0.1, 0.15) is 5.29 Å². The SMILES string of the molecule is C1=C(c2ccc3c(c2)c2ccccc2n3-c2nc(-c3ccccc3)cc(-c3ccccc3)n2)C=C2C(=[P+](c3ccccc3)c3ccccc32)C1. The van der Waals surface area contributed by atoms with Crippen LogP contribution < -0.4 is 10.6 Å². The van der Waals surface area contributed by atoms with Gasteiger partial charge in [-0.15, -0.1) is 0 Å². The van der Waals surface area contributed by atoms with Crippen LogP contribution >= 0.6 is 7.55 Å². The lowest BCUT2D eigenvalue weighted by atomic mass is 9.90. The van der Waals surface area contributed by atoms with E-state index in [1.54, 1.807) is 5.29 Å². The van der Waals surface area contributed by atoms with Crippen LogP contribution in [0.5, 0.6) is 0 Å². The van der Waals surface area contributed by atoms with E-state index in [9.17, 15) is 0 Å². The van der Waals surface area contributed by atoms with Crippen molar-refractivity contribution in [2.24, 2.45) is 0 Å². The summed E-state index contributed by atoms with van der Waals surface area (Å²) in [5.74, 6) is 0.666. The Bertz CT molecular complexity index is 2640. The average Bonchev–Trinajstić information content (AvgIpc) is 3.71. The lowest BCUT2D eigenvalue weighted by Crippen LogP contribution is -2.07. The van der Waals surface area contributed by atoms with Crippen molar-refractivity contribution in [2.75, 3.05) is 0 Å². The zero-order valence-corrected chi connectivity index (χ0v) is 28.1. The van der Waals surface area contributed by atoms with Crippen LogP contribution in [-0.2, 0) is 0 Å². The monoisotopic (exact) mass is 656 g/mol.